The molecule has 0 saturated carbocycles. The van der Waals surface area contributed by atoms with Crippen LogP contribution in [0.5, 0.6) is 11.6 Å². The van der Waals surface area contributed by atoms with Crippen LogP contribution in [-0.2, 0) is 6.18 Å². The van der Waals surface area contributed by atoms with Gasteiger partial charge in [0.25, 0.3) is 5.91 Å². The maximum Gasteiger partial charge on any atom is 0.418 e. The smallest absolute Gasteiger partial charge is 0.418 e. The zero-order valence-corrected chi connectivity index (χ0v) is 21.1. The molecular weight excluding hydrogens is 497 g/mol. The van der Waals surface area contributed by atoms with E-state index < -0.39 is 17.6 Å². The predicted octanol–water partition coefficient (Wildman–Crippen LogP) is 6.02. The van der Waals surface area contributed by atoms with Crippen molar-refractivity contribution >= 4 is 23.2 Å². The van der Waals surface area contributed by atoms with Gasteiger partial charge in [-0.25, -0.2) is 15.0 Å². The van der Waals surface area contributed by atoms with Crippen LogP contribution in [0.2, 0.25) is 0 Å². The lowest BCUT2D eigenvalue weighted by Crippen LogP contribution is -2.19. The fraction of sp³-hybridized carbons (Fsp3) is 0.185. The number of rotatable bonds is 7. The van der Waals surface area contributed by atoms with Crippen molar-refractivity contribution < 1.29 is 22.7 Å². The molecular formula is C27H25F3N6O2. The molecule has 2 N–H and O–H groups in total. The van der Waals surface area contributed by atoms with Crippen LogP contribution in [0.3, 0.4) is 0 Å². The molecule has 38 heavy (non-hydrogen) atoms. The number of carbonyl (C=O) groups excluding carboxylic acids is 1. The summed E-state index contributed by atoms with van der Waals surface area (Å²) >= 11 is 0. The maximum atomic E-state index is 13.5. The summed E-state index contributed by atoms with van der Waals surface area (Å²) in [6, 6.07) is 13.7. The normalized spacial score (nSPS) is 11.1. The average Bonchev–Trinajstić information content (AvgIpc) is 2.89. The number of hydrogen-bond donors (Lipinski definition) is 2. The van der Waals surface area contributed by atoms with Gasteiger partial charge in [-0.15, -0.1) is 0 Å². The van der Waals surface area contributed by atoms with Crippen LogP contribution in [0.4, 0.5) is 30.5 Å². The number of aromatic nitrogens is 3. The van der Waals surface area contributed by atoms with Crippen LogP contribution in [0.25, 0.3) is 11.3 Å². The monoisotopic (exact) mass is 522 g/mol. The number of nitrogens with one attached hydrogen (secondary N) is 2. The van der Waals surface area contributed by atoms with Crippen molar-refractivity contribution in [1.82, 2.24) is 15.0 Å². The third kappa shape index (κ3) is 5.83. The van der Waals surface area contributed by atoms with Crippen molar-refractivity contribution in [2.45, 2.75) is 13.1 Å². The molecule has 11 heteroatoms. The molecule has 2 aromatic heterocycles. The molecule has 0 aliphatic carbocycles. The van der Waals surface area contributed by atoms with Crippen LogP contribution >= 0.6 is 0 Å². The van der Waals surface area contributed by atoms with Crippen molar-refractivity contribution in [2.75, 3.05) is 36.7 Å². The van der Waals surface area contributed by atoms with Crippen molar-refractivity contribution in [2.24, 2.45) is 0 Å². The topological polar surface area (TPSA) is 92.3 Å². The molecule has 2 aromatic carbocycles. The molecule has 0 aliphatic heterocycles. The molecule has 1 amide bonds. The van der Waals surface area contributed by atoms with Gasteiger partial charge in [-0.05, 0) is 67.1 Å². The summed E-state index contributed by atoms with van der Waals surface area (Å²) < 4.78 is 46.7. The summed E-state index contributed by atoms with van der Waals surface area (Å²) in [5.74, 6) is 0.603. The van der Waals surface area contributed by atoms with Crippen molar-refractivity contribution in [3.8, 4) is 22.9 Å². The molecule has 196 valence electrons. The van der Waals surface area contributed by atoms with Crippen molar-refractivity contribution in [3.05, 3.63) is 83.7 Å². The number of pyridine rings is 1. The quantitative estimate of drug-likeness (QED) is 0.307. The Bertz CT molecular complexity index is 1470. The number of benzene rings is 2. The molecule has 0 bridgehead atoms. The van der Waals surface area contributed by atoms with E-state index in [1.165, 1.54) is 31.1 Å². The van der Waals surface area contributed by atoms with Crippen LogP contribution in [-0.4, -0.2) is 42.0 Å². The Morgan fingerprint density at radius 1 is 1.00 bits per heavy atom. The Balaban J connectivity index is 1.55. The molecule has 0 saturated heterocycles. The van der Waals surface area contributed by atoms with E-state index in [1.54, 1.807) is 56.7 Å². The number of halogens is 3. The Hall–Kier alpha value is -4.67. The summed E-state index contributed by atoms with van der Waals surface area (Å²) in [6.45, 7) is 1.78. The molecule has 0 fully saturated rings. The van der Waals surface area contributed by atoms with Crippen LogP contribution < -0.4 is 20.3 Å². The molecule has 8 nitrogen and oxygen atoms in total. The lowest BCUT2D eigenvalue weighted by Gasteiger charge is -2.20. The number of hydrogen-bond acceptors (Lipinski definition) is 7. The molecule has 0 unspecified atom stereocenters. The second kappa shape index (κ2) is 10.8. The minimum absolute atomic E-state index is 0.0237. The summed E-state index contributed by atoms with van der Waals surface area (Å²) in [4.78, 5) is 27.0. The van der Waals surface area contributed by atoms with Crippen LogP contribution in [0, 0.1) is 6.92 Å². The first kappa shape index (κ1) is 26.4. The number of alkyl halides is 3. The highest BCUT2D eigenvalue weighted by molar-refractivity contribution is 6.04. The molecule has 0 spiro atoms. The molecule has 0 atom stereocenters. The van der Waals surface area contributed by atoms with E-state index in [9.17, 15) is 18.0 Å². The van der Waals surface area contributed by atoms with Crippen LogP contribution in [0.15, 0.2) is 67.0 Å². The number of amides is 1. The van der Waals surface area contributed by atoms with E-state index in [-0.39, 0.29) is 11.3 Å². The van der Waals surface area contributed by atoms with Crippen molar-refractivity contribution in [1.29, 1.82) is 0 Å². The molecule has 2 heterocycles. The molecule has 4 aromatic rings. The van der Waals surface area contributed by atoms with E-state index in [4.69, 9.17) is 4.74 Å². The van der Waals surface area contributed by atoms with Crippen molar-refractivity contribution in [3.63, 3.8) is 0 Å². The third-order valence-corrected chi connectivity index (χ3v) is 5.61. The van der Waals surface area contributed by atoms with E-state index in [2.05, 4.69) is 25.6 Å². The van der Waals surface area contributed by atoms with Gasteiger partial charge in [0.2, 0.25) is 11.8 Å². The summed E-state index contributed by atoms with van der Waals surface area (Å²) in [5.41, 5.74) is 1.34. The molecule has 0 radical (unpaired) electrons. The average molecular weight is 523 g/mol. The number of nitrogens with zero attached hydrogens (tertiary/aromatic N) is 4. The van der Waals surface area contributed by atoms with Gasteiger partial charge in [0, 0.05) is 50.5 Å². The Morgan fingerprint density at radius 2 is 1.79 bits per heavy atom. The second-order valence-corrected chi connectivity index (χ2v) is 8.53. The Kier molecular flexibility index (Phi) is 7.47. The Labute approximate surface area is 217 Å². The van der Waals surface area contributed by atoms with Gasteiger partial charge in [-0.2, -0.15) is 13.2 Å². The standard InChI is InChI=1S/C27H25F3N6O2/c1-16-14-18(34-24(37)17-7-9-22(36(3)4)20(15-17)27(28,29)30)8-10-23(16)38-25-19(6-5-12-32-25)21-11-13-33-26(31-2)35-21/h5-15H,1-4H3,(H,34,37)(H,31,33,35). The highest BCUT2D eigenvalue weighted by Gasteiger charge is 2.35. The van der Waals surface area contributed by atoms with E-state index >= 15 is 0 Å². The summed E-state index contributed by atoms with van der Waals surface area (Å²) in [7, 11) is 4.74. The highest BCUT2D eigenvalue weighted by atomic mass is 19.4. The van der Waals surface area contributed by atoms with Gasteiger partial charge in [-0.1, -0.05) is 0 Å². The molecule has 0 aliphatic rings. The third-order valence-electron chi connectivity index (χ3n) is 5.61. The van der Waals surface area contributed by atoms with Gasteiger partial charge >= 0.3 is 6.18 Å². The van der Waals surface area contributed by atoms with Gasteiger partial charge in [-0.3, -0.25) is 4.79 Å². The van der Waals surface area contributed by atoms with E-state index in [1.807, 2.05) is 6.07 Å². The van der Waals surface area contributed by atoms with Gasteiger partial charge in [0.15, 0.2) is 0 Å². The lowest BCUT2D eigenvalue weighted by atomic mass is 10.1. The summed E-state index contributed by atoms with van der Waals surface area (Å²) in [6.07, 6.45) is -1.38. The number of carbonyl (C=O) groups is 1. The van der Waals surface area contributed by atoms with Gasteiger partial charge in [0.1, 0.15) is 5.75 Å². The minimum atomic E-state index is -4.60. The fourth-order valence-corrected chi connectivity index (χ4v) is 3.74. The van der Waals surface area contributed by atoms with Gasteiger partial charge < -0.3 is 20.3 Å². The number of anilines is 3. The number of aryl methyl sites for hydroxylation is 1. The van der Waals surface area contributed by atoms with E-state index in [0.29, 0.717) is 40.1 Å². The summed E-state index contributed by atoms with van der Waals surface area (Å²) in [5, 5.41) is 5.54. The van der Waals surface area contributed by atoms with Crippen LogP contribution in [0.1, 0.15) is 21.5 Å². The highest BCUT2D eigenvalue weighted by Crippen LogP contribution is 2.37. The first-order chi connectivity index (χ1) is 18.1. The SMILES string of the molecule is CNc1nccc(-c2cccnc2Oc2ccc(NC(=O)c3ccc(N(C)C)c(C(F)(F)F)c3)cc2C)n1. The Morgan fingerprint density at radius 3 is 2.47 bits per heavy atom. The maximum absolute atomic E-state index is 13.5. The lowest BCUT2D eigenvalue weighted by molar-refractivity contribution is -0.137. The zero-order chi connectivity index (χ0) is 27.4. The molecule has 4 rings (SSSR count). The predicted molar refractivity (Wildman–Crippen MR) is 140 cm³/mol. The van der Waals surface area contributed by atoms with E-state index in [0.717, 1.165) is 6.07 Å². The first-order valence-corrected chi connectivity index (χ1v) is 11.5. The first-order valence-electron chi connectivity index (χ1n) is 11.5. The zero-order valence-electron chi connectivity index (χ0n) is 21.1. The van der Waals surface area contributed by atoms with Gasteiger partial charge in [0.05, 0.1) is 16.8 Å². The number of ether oxygens (including phenoxy) is 1. The minimum Gasteiger partial charge on any atom is -0.438 e. The largest absolute Gasteiger partial charge is 0.438 e. The second-order valence-electron chi connectivity index (χ2n) is 8.53. The fourth-order valence-electron chi connectivity index (χ4n) is 3.74.